The molecule has 0 aliphatic heterocycles. The minimum Gasteiger partial charge on any atom is -0.497 e. The molecule has 0 aliphatic carbocycles. The maximum absolute atomic E-state index is 12.4. The van der Waals surface area contributed by atoms with E-state index in [1.807, 2.05) is 49.4 Å². The summed E-state index contributed by atoms with van der Waals surface area (Å²) >= 11 is 0. The van der Waals surface area contributed by atoms with Gasteiger partial charge in [0.25, 0.3) is 0 Å². The highest BCUT2D eigenvalue weighted by Gasteiger charge is 2.22. The van der Waals surface area contributed by atoms with Crippen molar-refractivity contribution in [2.45, 2.75) is 19.8 Å². The van der Waals surface area contributed by atoms with E-state index in [1.165, 1.54) is 0 Å². The van der Waals surface area contributed by atoms with Gasteiger partial charge in [-0.1, -0.05) is 37.3 Å². The van der Waals surface area contributed by atoms with Crippen LogP contribution in [0.3, 0.4) is 0 Å². The molecule has 2 N–H and O–H groups in total. The van der Waals surface area contributed by atoms with Crippen molar-refractivity contribution >= 4 is 11.9 Å². The zero-order valence-electron chi connectivity index (χ0n) is 16.5. The van der Waals surface area contributed by atoms with Gasteiger partial charge in [-0.15, -0.1) is 0 Å². The van der Waals surface area contributed by atoms with Gasteiger partial charge in [0, 0.05) is 12.5 Å². The Balaban J connectivity index is 1.92. The van der Waals surface area contributed by atoms with Crippen LogP contribution < -0.4 is 14.8 Å². The molecule has 1 amide bonds. The lowest BCUT2D eigenvalue weighted by atomic mass is 9.97. The topological polar surface area (TPSA) is 84.9 Å². The summed E-state index contributed by atoms with van der Waals surface area (Å²) in [4.78, 5) is 24.1. The number of ether oxygens (including phenoxy) is 2. The molecule has 2 aromatic carbocycles. The summed E-state index contributed by atoms with van der Waals surface area (Å²) in [5.74, 6) is -0.701. The van der Waals surface area contributed by atoms with Crippen molar-refractivity contribution in [1.82, 2.24) is 5.32 Å². The predicted molar refractivity (Wildman–Crippen MR) is 107 cm³/mol. The summed E-state index contributed by atoms with van der Waals surface area (Å²) in [6.45, 7) is 1.90. The molecule has 0 saturated heterocycles. The van der Waals surface area contributed by atoms with Crippen LogP contribution in [0, 0.1) is 11.8 Å². The molecular formula is C22H27NO5. The van der Waals surface area contributed by atoms with Crippen LogP contribution in [-0.4, -0.2) is 37.7 Å². The summed E-state index contributed by atoms with van der Waals surface area (Å²) in [6.07, 6.45) is 0.854. The van der Waals surface area contributed by atoms with Gasteiger partial charge in [-0.3, -0.25) is 9.59 Å². The van der Waals surface area contributed by atoms with Crippen molar-refractivity contribution in [3.8, 4) is 11.5 Å². The van der Waals surface area contributed by atoms with E-state index in [9.17, 15) is 14.7 Å². The first-order valence-electron chi connectivity index (χ1n) is 9.20. The summed E-state index contributed by atoms with van der Waals surface area (Å²) in [5.41, 5.74) is 1.82. The average molecular weight is 385 g/mol. The highest BCUT2D eigenvalue weighted by molar-refractivity contribution is 5.79. The zero-order valence-corrected chi connectivity index (χ0v) is 16.5. The predicted octanol–water partition coefficient (Wildman–Crippen LogP) is 2.94. The first kappa shape index (κ1) is 21.3. The first-order chi connectivity index (χ1) is 13.4. The fourth-order valence-electron chi connectivity index (χ4n) is 2.99. The number of amides is 1. The van der Waals surface area contributed by atoms with Crippen LogP contribution >= 0.6 is 0 Å². The van der Waals surface area contributed by atoms with Gasteiger partial charge in [0.15, 0.2) is 0 Å². The highest BCUT2D eigenvalue weighted by Crippen LogP contribution is 2.21. The van der Waals surface area contributed by atoms with Crippen LogP contribution in [0.4, 0.5) is 0 Å². The fraction of sp³-hybridized carbons (Fsp3) is 0.364. The molecule has 0 spiro atoms. The van der Waals surface area contributed by atoms with Crippen molar-refractivity contribution in [2.75, 3.05) is 20.8 Å². The number of methoxy groups -OCH3 is 2. The van der Waals surface area contributed by atoms with Crippen molar-refractivity contribution < 1.29 is 24.2 Å². The maximum Gasteiger partial charge on any atom is 0.308 e. The van der Waals surface area contributed by atoms with Crippen LogP contribution in [0.15, 0.2) is 48.5 Å². The Bertz CT molecular complexity index is 788. The number of carboxylic acids is 1. The molecule has 150 valence electrons. The average Bonchev–Trinajstić information content (AvgIpc) is 2.71. The molecule has 2 aromatic rings. The molecule has 28 heavy (non-hydrogen) atoms. The van der Waals surface area contributed by atoms with Crippen LogP contribution in [-0.2, 0) is 22.4 Å². The molecule has 6 nitrogen and oxygen atoms in total. The number of carbonyl (C=O) groups is 2. The van der Waals surface area contributed by atoms with Gasteiger partial charge < -0.3 is 19.9 Å². The van der Waals surface area contributed by atoms with E-state index in [2.05, 4.69) is 5.32 Å². The summed E-state index contributed by atoms with van der Waals surface area (Å²) in [6, 6.07) is 14.9. The van der Waals surface area contributed by atoms with E-state index in [0.717, 1.165) is 16.9 Å². The quantitative estimate of drug-likeness (QED) is 0.657. The summed E-state index contributed by atoms with van der Waals surface area (Å²) in [7, 11) is 3.16. The number of hydrogen-bond acceptors (Lipinski definition) is 4. The molecule has 0 aromatic heterocycles. The third-order valence-corrected chi connectivity index (χ3v) is 4.68. The van der Waals surface area contributed by atoms with E-state index < -0.39 is 11.9 Å². The van der Waals surface area contributed by atoms with Gasteiger partial charge in [-0.2, -0.15) is 0 Å². The van der Waals surface area contributed by atoms with E-state index in [0.29, 0.717) is 12.2 Å². The number of rotatable bonds is 10. The monoisotopic (exact) mass is 385 g/mol. The largest absolute Gasteiger partial charge is 0.497 e. The normalized spacial score (nSPS) is 12.7. The van der Waals surface area contributed by atoms with E-state index in [4.69, 9.17) is 9.47 Å². The van der Waals surface area contributed by atoms with Crippen molar-refractivity contribution in [3.05, 3.63) is 59.7 Å². The third kappa shape index (κ3) is 6.01. The Kier molecular flexibility index (Phi) is 7.87. The van der Waals surface area contributed by atoms with Gasteiger partial charge in [0.1, 0.15) is 11.5 Å². The molecule has 6 heteroatoms. The molecule has 0 radical (unpaired) electrons. The Morgan fingerprint density at radius 2 is 1.68 bits per heavy atom. The maximum atomic E-state index is 12.4. The molecule has 0 bridgehead atoms. The van der Waals surface area contributed by atoms with Crippen molar-refractivity contribution in [1.29, 1.82) is 0 Å². The number of aliphatic carboxylic acids is 1. The molecule has 0 saturated carbocycles. The molecule has 0 fully saturated rings. The zero-order chi connectivity index (χ0) is 20.5. The molecule has 2 unspecified atom stereocenters. The summed E-state index contributed by atoms with van der Waals surface area (Å²) in [5, 5.41) is 12.3. The van der Waals surface area contributed by atoms with Crippen molar-refractivity contribution in [2.24, 2.45) is 11.8 Å². The first-order valence-corrected chi connectivity index (χ1v) is 9.20. The second-order valence-corrected chi connectivity index (χ2v) is 6.75. The highest BCUT2D eigenvalue weighted by atomic mass is 16.5. The SMILES string of the molecule is COc1ccc(CC(C)C(=O)NCC(Cc2ccccc2OC)C(=O)O)cc1. The minimum atomic E-state index is -0.950. The lowest BCUT2D eigenvalue weighted by molar-refractivity contribution is -0.141. The Morgan fingerprint density at radius 1 is 1.00 bits per heavy atom. The lowest BCUT2D eigenvalue weighted by Crippen LogP contribution is -2.37. The standard InChI is InChI=1S/C22H27NO5/c1-15(12-16-8-10-19(27-2)11-9-16)21(24)23-14-18(22(25)26)13-17-6-4-5-7-20(17)28-3/h4-11,15,18H,12-14H2,1-3H3,(H,23,24)(H,25,26). The molecule has 0 aliphatic rings. The van der Waals surface area contributed by atoms with Gasteiger partial charge in [-0.25, -0.2) is 0 Å². The van der Waals surface area contributed by atoms with E-state index in [1.54, 1.807) is 20.3 Å². The Hall–Kier alpha value is -3.02. The second kappa shape index (κ2) is 10.3. The van der Waals surface area contributed by atoms with Gasteiger partial charge in [0.2, 0.25) is 5.91 Å². The number of para-hydroxylation sites is 1. The summed E-state index contributed by atoms with van der Waals surface area (Å²) < 4.78 is 10.4. The van der Waals surface area contributed by atoms with Crippen molar-refractivity contribution in [3.63, 3.8) is 0 Å². The molecule has 2 atom stereocenters. The minimum absolute atomic E-state index is 0.0686. The van der Waals surface area contributed by atoms with Crippen LogP contribution in [0.2, 0.25) is 0 Å². The Morgan fingerprint density at radius 3 is 2.29 bits per heavy atom. The van der Waals surface area contributed by atoms with Gasteiger partial charge >= 0.3 is 5.97 Å². The lowest BCUT2D eigenvalue weighted by Gasteiger charge is -2.17. The Labute approximate surface area is 165 Å². The second-order valence-electron chi connectivity index (χ2n) is 6.75. The smallest absolute Gasteiger partial charge is 0.308 e. The van der Waals surface area contributed by atoms with Gasteiger partial charge in [0.05, 0.1) is 20.1 Å². The van der Waals surface area contributed by atoms with Gasteiger partial charge in [-0.05, 0) is 42.2 Å². The molecule has 2 rings (SSSR count). The number of hydrogen-bond donors (Lipinski definition) is 2. The van der Waals surface area contributed by atoms with E-state index in [-0.39, 0.29) is 24.8 Å². The van der Waals surface area contributed by atoms with Crippen LogP contribution in [0.25, 0.3) is 0 Å². The molecule has 0 heterocycles. The number of benzene rings is 2. The van der Waals surface area contributed by atoms with Crippen LogP contribution in [0.1, 0.15) is 18.1 Å². The van der Waals surface area contributed by atoms with Crippen LogP contribution in [0.5, 0.6) is 11.5 Å². The number of nitrogens with one attached hydrogen (secondary N) is 1. The number of carbonyl (C=O) groups excluding carboxylic acids is 1. The number of carboxylic acid groups (broad SMARTS) is 1. The van der Waals surface area contributed by atoms with E-state index >= 15 is 0 Å². The molecular weight excluding hydrogens is 358 g/mol. The third-order valence-electron chi connectivity index (χ3n) is 4.68. The fourth-order valence-corrected chi connectivity index (χ4v) is 2.99.